The zero-order valence-corrected chi connectivity index (χ0v) is 17.2. The third kappa shape index (κ3) is 9.75. The highest BCUT2D eigenvalue weighted by Crippen LogP contribution is 2.26. The summed E-state index contributed by atoms with van der Waals surface area (Å²) >= 11 is 0. The lowest BCUT2D eigenvalue weighted by Gasteiger charge is -2.29. The van der Waals surface area contributed by atoms with Crippen molar-refractivity contribution >= 4 is 11.7 Å². The van der Waals surface area contributed by atoms with E-state index in [0.717, 1.165) is 19.3 Å². The molecule has 0 aromatic heterocycles. The summed E-state index contributed by atoms with van der Waals surface area (Å²) in [5.74, 6) is 0.294. The Kier molecular flexibility index (Phi) is 10.2. The molecule has 0 bridgehead atoms. The van der Waals surface area contributed by atoms with Gasteiger partial charge in [-0.05, 0) is 50.0 Å². The predicted molar refractivity (Wildman–Crippen MR) is 105 cm³/mol. The smallest absolute Gasteiger partial charge is 0.241 e. The number of hydrogen-bond donors (Lipinski definition) is 3. The molecule has 0 aliphatic heterocycles. The maximum absolute atomic E-state index is 12.4. The van der Waals surface area contributed by atoms with Crippen molar-refractivity contribution in [2.75, 3.05) is 6.54 Å². The fourth-order valence-electron chi connectivity index (χ4n) is 2.94. The lowest BCUT2D eigenvalue weighted by molar-refractivity contribution is -0.125. The van der Waals surface area contributed by atoms with Gasteiger partial charge in [0.05, 0.1) is 11.7 Å². The first kappa shape index (κ1) is 23.8. The number of nitrogens with one attached hydrogen (secondary N) is 2. The van der Waals surface area contributed by atoms with Crippen LogP contribution in [0.2, 0.25) is 0 Å². The van der Waals surface area contributed by atoms with E-state index in [1.807, 2.05) is 13.8 Å². The molecule has 0 saturated carbocycles. The Balaban J connectivity index is 4.55. The van der Waals surface area contributed by atoms with Gasteiger partial charge in [-0.3, -0.25) is 9.59 Å². The molecule has 5 heteroatoms. The second kappa shape index (κ2) is 10.7. The summed E-state index contributed by atoms with van der Waals surface area (Å²) in [7, 11) is 0. The van der Waals surface area contributed by atoms with Crippen molar-refractivity contribution in [2.45, 2.75) is 79.8 Å². The molecular formula is C20H39N3O2. The van der Waals surface area contributed by atoms with E-state index in [0.29, 0.717) is 12.5 Å². The van der Waals surface area contributed by atoms with Crippen LogP contribution in [0.25, 0.3) is 0 Å². The van der Waals surface area contributed by atoms with Gasteiger partial charge in [-0.15, -0.1) is 0 Å². The average Bonchev–Trinajstić information content (AvgIpc) is 2.49. The van der Waals surface area contributed by atoms with Gasteiger partial charge in [-0.2, -0.15) is 0 Å². The Hall–Kier alpha value is -1.20. The molecule has 146 valence electrons. The fourth-order valence-corrected chi connectivity index (χ4v) is 2.94. The molecule has 1 amide bonds. The lowest BCUT2D eigenvalue weighted by Crippen LogP contribution is -2.50. The number of amides is 1. The zero-order valence-electron chi connectivity index (χ0n) is 17.2. The highest BCUT2D eigenvalue weighted by molar-refractivity contribution is 5.97. The van der Waals surface area contributed by atoms with Crippen LogP contribution in [0.15, 0.2) is 12.3 Å². The van der Waals surface area contributed by atoms with Gasteiger partial charge in [0.25, 0.3) is 0 Å². The van der Waals surface area contributed by atoms with E-state index < -0.39 is 0 Å². The van der Waals surface area contributed by atoms with Crippen LogP contribution >= 0.6 is 0 Å². The van der Waals surface area contributed by atoms with Crippen LogP contribution in [-0.2, 0) is 9.59 Å². The number of ketones is 1. The summed E-state index contributed by atoms with van der Waals surface area (Å²) in [6.45, 7) is 18.4. The fraction of sp³-hybridized carbons (Fsp3) is 0.800. The van der Waals surface area contributed by atoms with Crippen LogP contribution in [0.4, 0.5) is 0 Å². The largest absolute Gasteiger partial charge is 0.330 e. The summed E-state index contributed by atoms with van der Waals surface area (Å²) in [5.41, 5.74) is 6.13. The van der Waals surface area contributed by atoms with E-state index in [1.165, 1.54) is 6.92 Å². The number of Topliss-reactive ketones (excluding diaryl/α,β-unsaturated/α-hetero) is 1. The summed E-state index contributed by atoms with van der Waals surface area (Å²) < 4.78 is 0. The first-order chi connectivity index (χ1) is 11.4. The third-order valence-corrected chi connectivity index (χ3v) is 4.66. The van der Waals surface area contributed by atoms with Crippen molar-refractivity contribution in [1.82, 2.24) is 10.6 Å². The molecule has 0 spiro atoms. The van der Waals surface area contributed by atoms with Crippen molar-refractivity contribution in [2.24, 2.45) is 23.0 Å². The van der Waals surface area contributed by atoms with Crippen molar-refractivity contribution in [3.05, 3.63) is 12.3 Å². The molecule has 0 aromatic rings. The van der Waals surface area contributed by atoms with Gasteiger partial charge >= 0.3 is 0 Å². The van der Waals surface area contributed by atoms with Gasteiger partial charge in [0.15, 0.2) is 5.78 Å². The number of hydrogen-bond acceptors (Lipinski definition) is 4. The van der Waals surface area contributed by atoms with E-state index >= 15 is 0 Å². The molecule has 0 aliphatic carbocycles. The van der Waals surface area contributed by atoms with Crippen molar-refractivity contribution in [1.29, 1.82) is 0 Å². The van der Waals surface area contributed by atoms with Crippen LogP contribution in [0.5, 0.6) is 0 Å². The first-order valence-electron chi connectivity index (χ1n) is 9.36. The Morgan fingerprint density at radius 2 is 1.68 bits per heavy atom. The zero-order chi connectivity index (χ0) is 19.8. The van der Waals surface area contributed by atoms with Crippen LogP contribution in [0.1, 0.15) is 67.7 Å². The van der Waals surface area contributed by atoms with E-state index in [9.17, 15) is 9.59 Å². The van der Waals surface area contributed by atoms with Crippen LogP contribution in [0.3, 0.4) is 0 Å². The molecule has 0 aliphatic rings. The predicted octanol–water partition coefficient (Wildman–Crippen LogP) is 3.00. The lowest BCUT2D eigenvalue weighted by atomic mass is 9.81. The summed E-state index contributed by atoms with van der Waals surface area (Å²) in [6, 6.07) is -0.130. The summed E-state index contributed by atoms with van der Waals surface area (Å²) in [5, 5.41) is 6.01. The van der Waals surface area contributed by atoms with E-state index in [4.69, 9.17) is 5.73 Å². The topological polar surface area (TPSA) is 84.2 Å². The molecule has 0 fully saturated rings. The molecule has 1 unspecified atom stereocenters. The summed E-state index contributed by atoms with van der Waals surface area (Å²) in [4.78, 5) is 23.7. The number of rotatable bonds is 12. The minimum Gasteiger partial charge on any atom is -0.330 e. The number of nitrogens with two attached hydrogens (primary N) is 1. The standard InChI is InChI=1S/C20H39N3O2/c1-13(2)18(19(25)23-16(5)17(6)24)22-15(4)10-9-14(3)11-20(7,8)12-21/h13-15,18,22H,5,9-12,21H2,1-4,6-8H3,(H,23,25)/t14-,15+,18?/m1/s1. The average molecular weight is 354 g/mol. The highest BCUT2D eigenvalue weighted by atomic mass is 16.2. The minimum atomic E-state index is -0.345. The van der Waals surface area contributed by atoms with Gasteiger partial charge in [-0.25, -0.2) is 0 Å². The van der Waals surface area contributed by atoms with E-state index in [2.05, 4.69) is 44.9 Å². The monoisotopic (exact) mass is 353 g/mol. The van der Waals surface area contributed by atoms with E-state index in [-0.39, 0.29) is 40.8 Å². The second-order valence-corrected chi connectivity index (χ2v) is 8.57. The highest BCUT2D eigenvalue weighted by Gasteiger charge is 2.25. The summed E-state index contributed by atoms with van der Waals surface area (Å²) in [6.07, 6.45) is 3.18. The Bertz CT molecular complexity index is 458. The maximum Gasteiger partial charge on any atom is 0.241 e. The quantitative estimate of drug-likeness (QED) is 0.471. The van der Waals surface area contributed by atoms with Gasteiger partial charge < -0.3 is 16.4 Å². The molecule has 0 radical (unpaired) electrons. The number of allylic oxidation sites excluding steroid dienone is 1. The molecule has 0 aromatic carbocycles. The van der Waals surface area contributed by atoms with Gasteiger partial charge in [0.2, 0.25) is 5.91 Å². The van der Waals surface area contributed by atoms with Crippen LogP contribution < -0.4 is 16.4 Å². The van der Waals surface area contributed by atoms with E-state index in [1.54, 1.807) is 0 Å². The Labute approximate surface area is 154 Å². The first-order valence-corrected chi connectivity index (χ1v) is 9.36. The third-order valence-electron chi connectivity index (χ3n) is 4.66. The molecule has 4 N–H and O–H groups in total. The minimum absolute atomic E-state index is 0.121. The van der Waals surface area contributed by atoms with Crippen molar-refractivity contribution in [3.8, 4) is 0 Å². The molecular weight excluding hydrogens is 314 g/mol. The SMILES string of the molecule is C=C(NC(=O)C(N[C@@H](C)CC[C@@H](C)CC(C)(C)CN)C(C)C)C(C)=O. The van der Waals surface area contributed by atoms with Gasteiger partial charge in [0.1, 0.15) is 0 Å². The number of carbonyl (C=O) groups excluding carboxylic acids is 2. The molecule has 0 heterocycles. The molecule has 25 heavy (non-hydrogen) atoms. The Morgan fingerprint density at radius 1 is 1.12 bits per heavy atom. The van der Waals surface area contributed by atoms with Crippen molar-refractivity contribution in [3.63, 3.8) is 0 Å². The maximum atomic E-state index is 12.4. The van der Waals surface area contributed by atoms with Gasteiger partial charge in [-0.1, -0.05) is 41.2 Å². The second-order valence-electron chi connectivity index (χ2n) is 8.57. The van der Waals surface area contributed by atoms with Crippen LogP contribution in [-0.4, -0.2) is 30.3 Å². The van der Waals surface area contributed by atoms with Crippen LogP contribution in [0, 0.1) is 17.3 Å². The normalized spacial score (nSPS) is 15.6. The number of carbonyl (C=O) groups is 2. The van der Waals surface area contributed by atoms with Gasteiger partial charge in [0, 0.05) is 13.0 Å². The Morgan fingerprint density at radius 3 is 2.12 bits per heavy atom. The molecule has 0 rings (SSSR count). The molecule has 0 saturated heterocycles. The molecule has 3 atom stereocenters. The van der Waals surface area contributed by atoms with Crippen molar-refractivity contribution < 1.29 is 9.59 Å². The molecule has 5 nitrogen and oxygen atoms in total.